The van der Waals surface area contributed by atoms with E-state index in [1.54, 1.807) is 0 Å². The number of hydrogen-bond donors (Lipinski definition) is 8. The monoisotopic (exact) mass is 536 g/mol. The Morgan fingerprint density at radius 3 is 2.03 bits per heavy atom. The van der Waals surface area contributed by atoms with Gasteiger partial charge in [0.1, 0.15) is 12.2 Å². The van der Waals surface area contributed by atoms with E-state index in [1.165, 1.54) is 0 Å². The van der Waals surface area contributed by atoms with Crippen LogP contribution in [-0.4, -0.2) is 91.1 Å². The first-order chi connectivity index (χ1) is 16.1. The van der Waals surface area contributed by atoms with Gasteiger partial charge in [-0.05, 0) is 43.9 Å². The number of amides is 2. The first-order valence-electron chi connectivity index (χ1n) is 12.9. The normalized spacial score (nSPS) is 26.8. The lowest BCUT2D eigenvalue weighted by Crippen LogP contribution is -2.57. The minimum atomic E-state index is -1.33. The van der Waals surface area contributed by atoms with E-state index in [2.05, 4.69) is 23.3 Å². The zero-order chi connectivity index (χ0) is 28.3. The van der Waals surface area contributed by atoms with Gasteiger partial charge in [0.05, 0.1) is 37.1 Å². The van der Waals surface area contributed by atoms with Crippen molar-refractivity contribution in [2.75, 3.05) is 6.61 Å². The second-order valence-electron chi connectivity index (χ2n) is 13.4. The van der Waals surface area contributed by atoms with Gasteiger partial charge < -0.3 is 40.9 Å². The molecule has 0 aliphatic heterocycles. The average Bonchev–Trinajstić information content (AvgIpc) is 2.67. The van der Waals surface area contributed by atoms with Gasteiger partial charge in [-0.25, -0.2) is 4.79 Å². The van der Waals surface area contributed by atoms with Crippen LogP contribution < -0.4 is 10.6 Å². The Morgan fingerprint density at radius 2 is 1.53 bits per heavy atom. The van der Waals surface area contributed by atoms with Gasteiger partial charge >= 0.3 is 6.03 Å². The summed E-state index contributed by atoms with van der Waals surface area (Å²) in [5, 5.41) is 57.8. The molecule has 0 aromatic heterocycles. The molecule has 214 valence electrons. The van der Waals surface area contributed by atoms with Crippen molar-refractivity contribution in [3.05, 3.63) is 0 Å². The summed E-state index contributed by atoms with van der Waals surface area (Å²) in [5.41, 5.74) is -1.35. The van der Waals surface area contributed by atoms with Gasteiger partial charge in [-0.1, -0.05) is 48.5 Å². The molecule has 1 fully saturated rings. The van der Waals surface area contributed by atoms with Gasteiger partial charge in [-0.15, -0.1) is 0 Å². The molecule has 0 aromatic carbocycles. The van der Waals surface area contributed by atoms with Crippen LogP contribution in [0.2, 0.25) is 0 Å². The van der Waals surface area contributed by atoms with Crippen molar-refractivity contribution in [1.29, 1.82) is 0 Å². The molecule has 0 aromatic rings. The Hall–Kier alpha value is -0.620. The zero-order valence-corrected chi connectivity index (χ0v) is 24.5. The number of carbonyl (C=O) groups is 1. The molecule has 0 bridgehead atoms. The van der Waals surface area contributed by atoms with E-state index in [1.807, 2.05) is 62.3 Å². The van der Waals surface area contributed by atoms with Crippen LogP contribution >= 0.6 is 12.6 Å². The number of thiol groups is 1. The first kappa shape index (κ1) is 33.4. The van der Waals surface area contributed by atoms with E-state index >= 15 is 0 Å². The van der Waals surface area contributed by atoms with E-state index < -0.39 is 59.7 Å². The van der Waals surface area contributed by atoms with Crippen LogP contribution in [0, 0.1) is 10.8 Å². The Balaban J connectivity index is 2.99. The minimum absolute atomic E-state index is 0.000198. The van der Waals surface area contributed by atoms with Crippen molar-refractivity contribution in [3.63, 3.8) is 0 Å². The number of aliphatic hydroxyl groups is 5. The zero-order valence-electron chi connectivity index (χ0n) is 23.6. The number of ether oxygens (including phenoxy) is 1. The molecule has 1 rings (SSSR count). The van der Waals surface area contributed by atoms with E-state index in [0.29, 0.717) is 12.8 Å². The Bertz CT molecular complexity index is 705. The topological polar surface area (TPSA) is 152 Å². The van der Waals surface area contributed by atoms with Gasteiger partial charge in [0.2, 0.25) is 0 Å². The summed E-state index contributed by atoms with van der Waals surface area (Å²) in [6.45, 7) is 17.4. The predicted octanol–water partition coefficient (Wildman–Crippen LogP) is 1.98. The Kier molecular flexibility index (Phi) is 11.6. The molecule has 2 amide bonds. The lowest BCUT2D eigenvalue weighted by Gasteiger charge is -2.44. The Morgan fingerprint density at radius 1 is 0.972 bits per heavy atom. The molecule has 0 heterocycles. The molecular formula is C26H52N2O7S. The van der Waals surface area contributed by atoms with E-state index in [4.69, 9.17) is 4.74 Å². The summed E-state index contributed by atoms with van der Waals surface area (Å²) in [5.74, 6) is 0. The molecule has 0 spiro atoms. The summed E-state index contributed by atoms with van der Waals surface area (Å²) >= 11 is 4.55. The van der Waals surface area contributed by atoms with Gasteiger partial charge in [-0.3, -0.25) is 0 Å². The molecule has 36 heavy (non-hydrogen) atoms. The highest BCUT2D eigenvalue weighted by atomic mass is 32.1. The molecule has 10 heteroatoms. The van der Waals surface area contributed by atoms with Gasteiger partial charge in [0.25, 0.3) is 0 Å². The van der Waals surface area contributed by atoms with Crippen molar-refractivity contribution < 1.29 is 35.1 Å². The molecule has 7 N–H and O–H groups in total. The van der Waals surface area contributed by atoms with Crippen LogP contribution in [0.15, 0.2) is 0 Å². The third kappa shape index (κ3) is 9.93. The standard InChI is InChI=1S/C26H52N2O7S/c1-23(2,3)26(8,9)19(31)12-17(30)15(13-35-18-11-10-16(29)20(32)21(18)33)27-22(34)28-24(4,5)14-25(6,7)36/h15-21,29-33,36H,10-14H2,1-9H3,(H2,27,28,34). The smallest absolute Gasteiger partial charge is 0.315 e. The fourth-order valence-electron chi connectivity index (χ4n) is 4.61. The minimum Gasteiger partial charge on any atom is -0.392 e. The Labute approximate surface area is 222 Å². The molecule has 9 nitrogen and oxygen atoms in total. The molecule has 1 aliphatic rings. The summed E-state index contributed by atoms with van der Waals surface area (Å²) < 4.78 is 5.51. The highest BCUT2D eigenvalue weighted by Crippen LogP contribution is 2.42. The largest absolute Gasteiger partial charge is 0.392 e. The maximum atomic E-state index is 12.9. The molecule has 7 unspecified atom stereocenters. The lowest BCUT2D eigenvalue weighted by molar-refractivity contribution is -0.157. The lowest BCUT2D eigenvalue weighted by atomic mass is 9.65. The summed E-state index contributed by atoms with van der Waals surface area (Å²) in [7, 11) is 0. The average molecular weight is 537 g/mol. The number of carbonyl (C=O) groups excluding carboxylic acids is 1. The van der Waals surface area contributed by atoms with Crippen LogP contribution in [0.1, 0.15) is 88.0 Å². The maximum Gasteiger partial charge on any atom is 0.315 e. The molecule has 1 aliphatic carbocycles. The van der Waals surface area contributed by atoms with Crippen LogP contribution in [0.3, 0.4) is 0 Å². The third-order valence-corrected chi connectivity index (χ3v) is 7.86. The third-order valence-electron chi connectivity index (χ3n) is 7.70. The number of urea groups is 1. The molecule has 0 saturated heterocycles. The molecule has 1 saturated carbocycles. The number of nitrogens with one attached hydrogen (secondary N) is 2. The molecule has 0 radical (unpaired) electrons. The van der Waals surface area contributed by atoms with Crippen molar-refractivity contribution >= 4 is 18.7 Å². The van der Waals surface area contributed by atoms with Gasteiger partial charge in [0, 0.05) is 16.7 Å². The summed E-state index contributed by atoms with van der Waals surface area (Å²) in [6, 6.07) is -1.40. The van der Waals surface area contributed by atoms with Crippen molar-refractivity contribution in [3.8, 4) is 0 Å². The second-order valence-corrected chi connectivity index (χ2v) is 14.6. The number of aliphatic hydroxyl groups excluding tert-OH is 5. The van der Waals surface area contributed by atoms with Gasteiger partial charge in [-0.2, -0.15) is 12.6 Å². The van der Waals surface area contributed by atoms with Crippen LogP contribution in [-0.2, 0) is 4.74 Å². The molecular weight excluding hydrogens is 484 g/mol. The first-order valence-corrected chi connectivity index (χ1v) is 13.3. The maximum absolute atomic E-state index is 12.9. The van der Waals surface area contributed by atoms with Crippen molar-refractivity contribution in [2.24, 2.45) is 10.8 Å². The summed E-state index contributed by atoms with van der Waals surface area (Å²) in [6.07, 6.45) is -5.25. The van der Waals surface area contributed by atoms with Crippen molar-refractivity contribution in [1.82, 2.24) is 10.6 Å². The number of hydrogen-bond acceptors (Lipinski definition) is 8. The second kappa shape index (κ2) is 12.5. The fraction of sp³-hybridized carbons (Fsp3) is 0.962. The SMILES string of the molecule is CC(C)(S)CC(C)(C)NC(=O)NC(COC1CCC(O)C(O)C1O)C(O)CC(O)C(C)(C)C(C)(C)C. The highest BCUT2D eigenvalue weighted by molar-refractivity contribution is 7.81. The van der Waals surface area contributed by atoms with Crippen LogP contribution in [0.4, 0.5) is 4.79 Å². The van der Waals surface area contributed by atoms with Gasteiger partial charge in [0.15, 0.2) is 0 Å². The predicted molar refractivity (Wildman–Crippen MR) is 144 cm³/mol. The van der Waals surface area contributed by atoms with E-state index in [-0.39, 0.29) is 29.6 Å². The summed E-state index contributed by atoms with van der Waals surface area (Å²) in [4.78, 5) is 12.9. The quantitative estimate of drug-likeness (QED) is 0.188. The van der Waals surface area contributed by atoms with Crippen LogP contribution in [0.25, 0.3) is 0 Å². The van der Waals surface area contributed by atoms with Crippen LogP contribution in [0.5, 0.6) is 0 Å². The van der Waals surface area contributed by atoms with Crippen molar-refractivity contribution in [2.45, 2.75) is 141 Å². The number of rotatable bonds is 11. The van der Waals surface area contributed by atoms with E-state index in [9.17, 15) is 30.3 Å². The van der Waals surface area contributed by atoms with E-state index in [0.717, 1.165) is 0 Å². The highest BCUT2D eigenvalue weighted by Gasteiger charge is 2.42. The molecule has 7 atom stereocenters. The fourth-order valence-corrected chi connectivity index (χ4v) is 5.00.